The zero-order chi connectivity index (χ0) is 26.8. The van der Waals surface area contributed by atoms with Gasteiger partial charge in [-0.15, -0.1) is 11.8 Å². The number of nitrogens with one attached hydrogen (secondary N) is 1. The SMILES string of the molecule is COc1c(CN)c(CCCCOc2ccc(CC3SCNC3C(=O)C=O)cc2)c(OC)c(OC)c1OC.[NaH]. The third-order valence-corrected chi connectivity index (χ3v) is 7.60. The number of carbonyl (C=O) groups excluding carboxylic acids is 2. The second-order valence-electron chi connectivity index (χ2n) is 8.50. The number of methoxy groups -OCH3 is 4. The molecule has 0 radical (unpaired) electrons. The summed E-state index contributed by atoms with van der Waals surface area (Å²) in [5.74, 6) is 3.18. The molecule has 0 bridgehead atoms. The summed E-state index contributed by atoms with van der Waals surface area (Å²) in [6, 6.07) is 7.47. The number of unbranched alkanes of at least 4 members (excludes halogenated alkanes) is 1. The molecule has 1 aliphatic heterocycles. The molecule has 3 rings (SSSR count). The van der Waals surface area contributed by atoms with Gasteiger partial charge in [-0.25, -0.2) is 0 Å². The summed E-state index contributed by atoms with van der Waals surface area (Å²) >= 11 is 1.66. The second kappa shape index (κ2) is 16.2. The monoisotopic (exact) mass is 556 g/mol. The normalized spacial score (nSPS) is 16.3. The van der Waals surface area contributed by atoms with Gasteiger partial charge in [-0.1, -0.05) is 12.1 Å². The molecule has 1 fully saturated rings. The molecule has 0 amide bonds. The summed E-state index contributed by atoms with van der Waals surface area (Å²) in [7, 11) is 6.30. The Labute approximate surface area is 250 Å². The fourth-order valence-corrected chi connectivity index (χ4v) is 5.81. The van der Waals surface area contributed by atoms with Crippen LogP contribution in [0.3, 0.4) is 0 Å². The minimum absolute atomic E-state index is 0. The minimum atomic E-state index is -0.414. The maximum atomic E-state index is 11.8. The fourth-order valence-electron chi connectivity index (χ4n) is 4.59. The van der Waals surface area contributed by atoms with Crippen molar-refractivity contribution in [3.63, 3.8) is 0 Å². The van der Waals surface area contributed by atoms with Crippen LogP contribution in [0.5, 0.6) is 28.7 Å². The molecule has 38 heavy (non-hydrogen) atoms. The molecular formula is C27H37N2NaO7S. The zero-order valence-corrected chi connectivity index (χ0v) is 22.7. The molecule has 2 aromatic rings. The van der Waals surface area contributed by atoms with Gasteiger partial charge in [-0.3, -0.25) is 14.9 Å². The first-order valence-electron chi connectivity index (χ1n) is 12.2. The summed E-state index contributed by atoms with van der Waals surface area (Å²) in [4.78, 5) is 22.7. The topological polar surface area (TPSA) is 118 Å². The molecule has 11 heteroatoms. The number of Topliss-reactive ketones (excluding diaryl/α,β-unsaturated/α-hetero) is 1. The van der Waals surface area contributed by atoms with E-state index in [4.69, 9.17) is 29.4 Å². The molecule has 204 valence electrons. The van der Waals surface area contributed by atoms with Gasteiger partial charge in [0.25, 0.3) is 0 Å². The molecule has 2 atom stereocenters. The van der Waals surface area contributed by atoms with Crippen LogP contribution in [-0.4, -0.2) is 93.8 Å². The summed E-state index contributed by atoms with van der Waals surface area (Å²) in [5.41, 5.74) is 8.94. The van der Waals surface area contributed by atoms with Crippen molar-refractivity contribution in [3.8, 4) is 28.7 Å². The van der Waals surface area contributed by atoms with Crippen molar-refractivity contribution < 1.29 is 33.3 Å². The van der Waals surface area contributed by atoms with E-state index in [1.807, 2.05) is 24.3 Å². The van der Waals surface area contributed by atoms with Crippen molar-refractivity contribution in [3.05, 3.63) is 41.0 Å². The number of ketones is 1. The number of aldehydes is 1. The number of nitrogens with two attached hydrogens (primary N) is 1. The quantitative estimate of drug-likeness (QED) is 0.146. The summed E-state index contributed by atoms with van der Waals surface area (Å²) in [6.45, 7) is 0.833. The van der Waals surface area contributed by atoms with Crippen molar-refractivity contribution in [2.24, 2.45) is 5.73 Å². The number of thioether (sulfide) groups is 1. The van der Waals surface area contributed by atoms with E-state index >= 15 is 0 Å². The van der Waals surface area contributed by atoms with Crippen LogP contribution in [-0.2, 0) is 29.0 Å². The van der Waals surface area contributed by atoms with Crippen molar-refractivity contribution in [1.29, 1.82) is 0 Å². The Morgan fingerprint density at radius 2 is 1.58 bits per heavy atom. The molecule has 2 aromatic carbocycles. The predicted molar refractivity (Wildman–Crippen MR) is 151 cm³/mol. The molecule has 2 unspecified atom stereocenters. The number of rotatable bonds is 15. The number of carbonyl (C=O) groups is 2. The Morgan fingerprint density at radius 1 is 0.974 bits per heavy atom. The van der Waals surface area contributed by atoms with Crippen LogP contribution in [0.2, 0.25) is 0 Å². The van der Waals surface area contributed by atoms with Gasteiger partial charge < -0.3 is 29.4 Å². The average molecular weight is 557 g/mol. The molecule has 3 N–H and O–H groups in total. The van der Waals surface area contributed by atoms with Gasteiger partial charge in [0.2, 0.25) is 17.3 Å². The van der Waals surface area contributed by atoms with E-state index in [0.717, 1.165) is 35.3 Å². The van der Waals surface area contributed by atoms with Crippen LogP contribution in [0.4, 0.5) is 0 Å². The van der Waals surface area contributed by atoms with Gasteiger partial charge in [0.1, 0.15) is 5.75 Å². The van der Waals surface area contributed by atoms with E-state index in [9.17, 15) is 9.59 Å². The van der Waals surface area contributed by atoms with Crippen LogP contribution < -0.4 is 34.7 Å². The molecule has 9 nitrogen and oxygen atoms in total. The van der Waals surface area contributed by atoms with Crippen molar-refractivity contribution in [2.45, 2.75) is 43.5 Å². The molecule has 1 heterocycles. The van der Waals surface area contributed by atoms with Gasteiger partial charge >= 0.3 is 29.6 Å². The van der Waals surface area contributed by atoms with Gasteiger partial charge in [0.05, 0.1) is 41.1 Å². The first-order chi connectivity index (χ1) is 18.0. The molecule has 1 saturated heterocycles. The summed E-state index contributed by atoms with van der Waals surface area (Å²) in [6.07, 6.45) is 3.50. The van der Waals surface area contributed by atoms with Crippen LogP contribution in [0, 0.1) is 0 Å². The molecule has 0 spiro atoms. The fraction of sp³-hybridized carbons (Fsp3) is 0.481. The van der Waals surface area contributed by atoms with Crippen LogP contribution in [0.1, 0.15) is 29.5 Å². The second-order valence-corrected chi connectivity index (χ2v) is 9.73. The van der Waals surface area contributed by atoms with E-state index in [1.54, 1.807) is 40.2 Å². The average Bonchev–Trinajstić information content (AvgIpc) is 3.39. The Hall–Kier alpha value is -1.95. The van der Waals surface area contributed by atoms with Gasteiger partial charge in [-0.2, -0.15) is 0 Å². The standard InChI is InChI=1S/C27H36N2O7S.Na.H/c1-32-24-19(20(14-28)25(33-2)27(35-4)26(24)34-3)7-5-6-12-36-18-10-8-17(9-11-18)13-22-23(21(31)15-30)29-16-37-22;;/h8-11,15,22-23,29H,5-7,12-14,16,28H2,1-4H3;;. The number of benzene rings is 2. The Kier molecular flexibility index (Phi) is 13.8. The number of hydrogen-bond acceptors (Lipinski definition) is 10. The van der Waals surface area contributed by atoms with E-state index in [-0.39, 0.29) is 41.4 Å². The molecule has 0 aromatic heterocycles. The number of ether oxygens (including phenoxy) is 5. The van der Waals surface area contributed by atoms with Crippen molar-refractivity contribution in [2.75, 3.05) is 40.9 Å². The first kappa shape index (κ1) is 32.3. The van der Waals surface area contributed by atoms with E-state index < -0.39 is 11.8 Å². The van der Waals surface area contributed by atoms with E-state index in [2.05, 4.69) is 5.32 Å². The maximum absolute atomic E-state index is 11.8. The predicted octanol–water partition coefficient (Wildman–Crippen LogP) is 2.27. The number of hydrogen-bond donors (Lipinski definition) is 2. The summed E-state index contributed by atoms with van der Waals surface area (Å²) in [5, 5.41) is 3.15. The van der Waals surface area contributed by atoms with Crippen molar-refractivity contribution in [1.82, 2.24) is 5.32 Å². The van der Waals surface area contributed by atoms with Crippen LogP contribution >= 0.6 is 11.8 Å². The van der Waals surface area contributed by atoms with E-state index in [1.165, 1.54) is 0 Å². The Morgan fingerprint density at radius 3 is 2.13 bits per heavy atom. The molecule has 0 saturated carbocycles. The van der Waals surface area contributed by atoms with Gasteiger partial charge in [-0.05, 0) is 43.4 Å². The van der Waals surface area contributed by atoms with Crippen LogP contribution in [0.25, 0.3) is 0 Å². The Bertz CT molecular complexity index is 1040. The molecular weight excluding hydrogens is 519 g/mol. The third-order valence-electron chi connectivity index (χ3n) is 6.40. The molecule has 0 aliphatic carbocycles. The first-order valence-corrected chi connectivity index (χ1v) is 13.2. The van der Waals surface area contributed by atoms with Crippen LogP contribution in [0.15, 0.2) is 24.3 Å². The van der Waals surface area contributed by atoms with Crippen molar-refractivity contribution >= 4 is 53.4 Å². The summed E-state index contributed by atoms with van der Waals surface area (Å²) < 4.78 is 28.3. The van der Waals surface area contributed by atoms with Gasteiger partial charge in [0, 0.05) is 28.8 Å². The third kappa shape index (κ3) is 7.58. The van der Waals surface area contributed by atoms with E-state index in [0.29, 0.717) is 54.6 Å². The zero-order valence-electron chi connectivity index (χ0n) is 21.8. The molecule has 1 aliphatic rings. The Balaban J connectivity index is 0.00000507. The van der Waals surface area contributed by atoms with Gasteiger partial charge in [0.15, 0.2) is 17.8 Å².